The maximum absolute atomic E-state index is 13.9. The number of piperidine rings is 1. The molecule has 2 amide bonds. The molecule has 1 aromatic carbocycles. The van der Waals surface area contributed by atoms with Crippen LogP contribution < -0.4 is 10.5 Å². The Morgan fingerprint density at radius 2 is 1.70 bits per heavy atom. The Morgan fingerprint density at radius 3 is 2.30 bits per heavy atom. The van der Waals surface area contributed by atoms with Crippen molar-refractivity contribution < 1.29 is 14.3 Å². The lowest BCUT2D eigenvalue weighted by Crippen LogP contribution is -2.58. The van der Waals surface area contributed by atoms with Crippen molar-refractivity contribution in [2.75, 3.05) is 20.2 Å². The van der Waals surface area contributed by atoms with E-state index in [0.717, 1.165) is 43.4 Å². The Morgan fingerprint density at radius 1 is 1.00 bits per heavy atom. The molecule has 2 aliphatic rings. The summed E-state index contributed by atoms with van der Waals surface area (Å²) >= 11 is 0. The molecule has 1 aliphatic carbocycles. The zero-order valence-corrected chi connectivity index (χ0v) is 17.5. The fraction of sp³-hybridized carbons (Fsp3) is 0.458. The predicted molar refractivity (Wildman–Crippen MR) is 114 cm³/mol. The average Bonchev–Trinajstić information content (AvgIpc) is 3.30. The van der Waals surface area contributed by atoms with Gasteiger partial charge < -0.3 is 15.4 Å². The summed E-state index contributed by atoms with van der Waals surface area (Å²) < 4.78 is 5.29. The Bertz CT molecular complexity index is 907. The summed E-state index contributed by atoms with van der Waals surface area (Å²) in [4.78, 5) is 32.8. The lowest BCUT2D eigenvalue weighted by molar-refractivity contribution is -0.141. The number of hydrogen-bond donors (Lipinski definition) is 1. The summed E-state index contributed by atoms with van der Waals surface area (Å²) in [7, 11) is 1.64. The number of aromatic nitrogens is 1. The van der Waals surface area contributed by atoms with Crippen molar-refractivity contribution >= 4 is 11.8 Å². The van der Waals surface area contributed by atoms with Crippen molar-refractivity contribution in [2.24, 2.45) is 5.73 Å². The molecule has 158 valence electrons. The second-order valence-corrected chi connectivity index (χ2v) is 8.51. The van der Waals surface area contributed by atoms with Gasteiger partial charge in [0.25, 0.3) is 0 Å². The molecule has 2 N–H and O–H groups in total. The molecule has 1 atom stereocenters. The van der Waals surface area contributed by atoms with E-state index in [2.05, 4.69) is 4.98 Å². The van der Waals surface area contributed by atoms with Crippen LogP contribution in [0.5, 0.6) is 5.75 Å². The van der Waals surface area contributed by atoms with Crippen LogP contribution in [0.25, 0.3) is 0 Å². The number of carbonyl (C=O) groups is 2. The molecule has 0 radical (unpaired) electrons. The Balaban J connectivity index is 1.67. The third kappa shape index (κ3) is 3.34. The number of amides is 2. The molecule has 2 aromatic rings. The first-order valence-corrected chi connectivity index (χ1v) is 10.7. The molecule has 1 saturated heterocycles. The van der Waals surface area contributed by atoms with E-state index in [1.165, 1.54) is 0 Å². The lowest BCUT2D eigenvalue weighted by atomic mass is 9.73. The van der Waals surface area contributed by atoms with Crippen molar-refractivity contribution in [3.8, 4) is 5.75 Å². The Hall–Kier alpha value is -2.89. The molecule has 0 spiro atoms. The van der Waals surface area contributed by atoms with Crippen molar-refractivity contribution in [3.05, 3.63) is 59.9 Å². The number of pyridine rings is 1. The van der Waals surface area contributed by atoms with Crippen LogP contribution in [0, 0.1) is 0 Å². The van der Waals surface area contributed by atoms with Crippen LogP contribution in [0.4, 0.5) is 0 Å². The van der Waals surface area contributed by atoms with Gasteiger partial charge in [-0.2, -0.15) is 0 Å². The minimum Gasteiger partial charge on any atom is -0.497 e. The molecular weight excluding hydrogens is 378 g/mol. The maximum Gasteiger partial charge on any atom is 0.233 e. The smallest absolute Gasteiger partial charge is 0.233 e. The summed E-state index contributed by atoms with van der Waals surface area (Å²) in [5.74, 6) is 0.468. The largest absolute Gasteiger partial charge is 0.497 e. The third-order valence-corrected chi connectivity index (χ3v) is 6.92. The number of carbonyl (C=O) groups excluding carboxylic acids is 2. The number of rotatable bonds is 5. The number of nitrogens with zero attached hydrogens (tertiary/aromatic N) is 2. The molecule has 1 unspecified atom stereocenters. The van der Waals surface area contributed by atoms with Gasteiger partial charge in [-0.1, -0.05) is 31.0 Å². The molecule has 4 rings (SSSR count). The molecule has 6 nitrogen and oxygen atoms in total. The Labute approximate surface area is 177 Å². The zero-order valence-electron chi connectivity index (χ0n) is 17.5. The summed E-state index contributed by atoms with van der Waals surface area (Å²) in [6, 6.07) is 13.4. The van der Waals surface area contributed by atoms with E-state index in [1.807, 2.05) is 47.4 Å². The van der Waals surface area contributed by atoms with Gasteiger partial charge in [-0.3, -0.25) is 14.6 Å². The molecule has 6 heteroatoms. The van der Waals surface area contributed by atoms with E-state index in [4.69, 9.17) is 10.5 Å². The van der Waals surface area contributed by atoms with Gasteiger partial charge in [0.05, 0.1) is 18.2 Å². The molecule has 0 bridgehead atoms. The van der Waals surface area contributed by atoms with Crippen LogP contribution in [0.3, 0.4) is 0 Å². The van der Waals surface area contributed by atoms with E-state index in [9.17, 15) is 9.59 Å². The van der Waals surface area contributed by atoms with Gasteiger partial charge in [-0.15, -0.1) is 0 Å². The van der Waals surface area contributed by atoms with Gasteiger partial charge in [0.2, 0.25) is 11.8 Å². The molecule has 1 aliphatic heterocycles. The van der Waals surface area contributed by atoms with Crippen LogP contribution in [-0.2, 0) is 20.4 Å². The summed E-state index contributed by atoms with van der Waals surface area (Å²) in [5.41, 5.74) is 6.09. The second kappa shape index (κ2) is 8.09. The molecule has 2 fully saturated rings. The van der Waals surface area contributed by atoms with Crippen molar-refractivity contribution in [3.63, 3.8) is 0 Å². The Kier molecular flexibility index (Phi) is 5.50. The van der Waals surface area contributed by atoms with E-state index >= 15 is 0 Å². The highest BCUT2D eigenvalue weighted by molar-refractivity contribution is 5.91. The van der Waals surface area contributed by atoms with Gasteiger partial charge >= 0.3 is 0 Å². The SMILES string of the molecule is COc1ccc(C2(C(=O)N3CCCC(C(N)=O)(c4ccccn4)C3)CCCC2)cc1. The van der Waals surface area contributed by atoms with Gasteiger partial charge in [0, 0.05) is 19.3 Å². The van der Waals surface area contributed by atoms with Gasteiger partial charge in [0.15, 0.2) is 0 Å². The van der Waals surface area contributed by atoms with Crippen LogP contribution >= 0.6 is 0 Å². The second-order valence-electron chi connectivity index (χ2n) is 8.51. The average molecular weight is 408 g/mol. The highest BCUT2D eigenvalue weighted by Gasteiger charge is 2.50. The van der Waals surface area contributed by atoms with Crippen LogP contribution in [0.2, 0.25) is 0 Å². The minimum absolute atomic E-state index is 0.103. The first-order valence-electron chi connectivity index (χ1n) is 10.7. The molecule has 2 heterocycles. The monoisotopic (exact) mass is 407 g/mol. The number of hydrogen-bond acceptors (Lipinski definition) is 4. The summed E-state index contributed by atoms with van der Waals surface area (Å²) in [6.07, 6.45) is 6.70. The lowest BCUT2D eigenvalue weighted by Gasteiger charge is -2.43. The number of primary amides is 1. The van der Waals surface area contributed by atoms with Gasteiger partial charge in [0.1, 0.15) is 11.2 Å². The van der Waals surface area contributed by atoms with Crippen molar-refractivity contribution in [1.29, 1.82) is 0 Å². The first kappa shape index (κ1) is 20.4. The highest BCUT2D eigenvalue weighted by atomic mass is 16.5. The van der Waals surface area contributed by atoms with E-state index in [1.54, 1.807) is 13.3 Å². The van der Waals surface area contributed by atoms with Crippen LogP contribution in [-0.4, -0.2) is 41.9 Å². The summed E-state index contributed by atoms with van der Waals surface area (Å²) in [6.45, 7) is 0.925. The molecule has 1 aromatic heterocycles. The molecule has 1 saturated carbocycles. The number of ether oxygens (including phenoxy) is 1. The zero-order chi connectivity index (χ0) is 21.2. The maximum atomic E-state index is 13.9. The minimum atomic E-state index is -0.936. The molecule has 30 heavy (non-hydrogen) atoms. The topological polar surface area (TPSA) is 85.5 Å². The van der Waals surface area contributed by atoms with Crippen molar-refractivity contribution in [2.45, 2.75) is 49.4 Å². The number of benzene rings is 1. The van der Waals surface area contributed by atoms with E-state index < -0.39 is 16.7 Å². The van der Waals surface area contributed by atoms with Gasteiger partial charge in [-0.05, 0) is 55.5 Å². The van der Waals surface area contributed by atoms with Crippen LogP contribution in [0.1, 0.15) is 49.8 Å². The van der Waals surface area contributed by atoms with E-state index in [-0.39, 0.29) is 12.5 Å². The van der Waals surface area contributed by atoms with Crippen LogP contribution in [0.15, 0.2) is 48.7 Å². The fourth-order valence-electron chi connectivity index (χ4n) is 5.23. The first-order chi connectivity index (χ1) is 14.5. The number of methoxy groups -OCH3 is 1. The summed E-state index contributed by atoms with van der Waals surface area (Å²) in [5, 5.41) is 0. The number of nitrogens with two attached hydrogens (primary N) is 1. The third-order valence-electron chi connectivity index (χ3n) is 6.92. The molecular formula is C24H29N3O3. The van der Waals surface area contributed by atoms with Gasteiger partial charge in [-0.25, -0.2) is 0 Å². The normalized spacial score (nSPS) is 23.2. The number of likely N-dealkylation sites (tertiary alicyclic amines) is 1. The quantitative estimate of drug-likeness (QED) is 0.826. The standard InChI is InChI=1S/C24H29N3O3/c1-30-19-10-8-18(9-11-19)23(12-3-4-13-23)22(29)27-16-6-14-24(17-27,21(25)28)20-7-2-5-15-26-20/h2,5,7-11,15H,3-4,6,12-14,16-17H2,1H3,(H2,25,28). The van der Waals surface area contributed by atoms with Crippen molar-refractivity contribution in [1.82, 2.24) is 9.88 Å². The fourth-order valence-corrected chi connectivity index (χ4v) is 5.23. The highest BCUT2D eigenvalue weighted by Crippen LogP contribution is 2.44. The van der Waals surface area contributed by atoms with E-state index in [0.29, 0.717) is 18.7 Å². The predicted octanol–water partition coefficient (Wildman–Crippen LogP) is 2.95.